The Morgan fingerprint density at radius 1 is 1.26 bits per heavy atom. The predicted molar refractivity (Wildman–Crippen MR) is 92.9 cm³/mol. The van der Waals surface area contributed by atoms with Gasteiger partial charge in [-0.15, -0.1) is 0 Å². The molecule has 0 aromatic heterocycles. The van der Waals surface area contributed by atoms with Gasteiger partial charge in [0.25, 0.3) is 0 Å². The van der Waals surface area contributed by atoms with Crippen LogP contribution in [-0.2, 0) is 18.6 Å². The summed E-state index contributed by atoms with van der Waals surface area (Å²) in [5, 5.41) is 2.72. The van der Waals surface area contributed by atoms with Gasteiger partial charge in [-0.3, -0.25) is 9.32 Å². The predicted octanol–water partition coefficient (Wildman–Crippen LogP) is 3.48. The van der Waals surface area contributed by atoms with Crippen molar-refractivity contribution in [1.29, 1.82) is 0 Å². The molecular weight excluding hydrogens is 337 g/mol. The summed E-state index contributed by atoms with van der Waals surface area (Å²) in [5.74, 6) is 0.663. The Hall–Kier alpha value is -1.01. The molecule has 1 unspecified atom stereocenters. The molecule has 6 nitrogen and oxygen atoms in total. The van der Waals surface area contributed by atoms with Crippen molar-refractivity contribution in [2.75, 3.05) is 25.2 Å². The zero-order valence-corrected chi connectivity index (χ0v) is 15.4. The smallest absolute Gasteiger partial charge is 0.459 e. The first kappa shape index (κ1) is 20.0. The summed E-state index contributed by atoms with van der Waals surface area (Å²) in [6.45, 7) is 3.89. The average Bonchev–Trinajstić information content (AvgIpc) is 2.52. The number of carbonyl (C=O) groups excluding carboxylic acids is 1. The Morgan fingerprint density at radius 2 is 1.96 bits per heavy atom. The van der Waals surface area contributed by atoms with Crippen LogP contribution in [0.2, 0.25) is 0 Å². The Labute approximate surface area is 141 Å². The van der Waals surface area contributed by atoms with Gasteiger partial charge in [0, 0.05) is 0 Å². The molecule has 2 atom stereocenters. The fraction of sp³-hybridized carbons (Fsp3) is 0.533. The molecule has 1 rings (SSSR count). The van der Waals surface area contributed by atoms with E-state index in [1.807, 2.05) is 12.3 Å². The number of para-hydroxylation sites is 1. The molecule has 0 spiro atoms. The van der Waals surface area contributed by atoms with Gasteiger partial charge in [-0.25, -0.2) is 4.57 Å². The maximum atomic E-state index is 12.9. The first-order valence-electron chi connectivity index (χ1n) is 7.47. The number of hydrogen-bond acceptors (Lipinski definition) is 6. The SMILES string of the molecule is CCOC(=O)[C@H](CCSC)NP(=O)(OCC)Oc1ccccc1. The monoisotopic (exact) mass is 361 g/mol. The van der Waals surface area contributed by atoms with Gasteiger partial charge in [0.05, 0.1) is 13.2 Å². The summed E-state index contributed by atoms with van der Waals surface area (Å²) in [6.07, 6.45) is 2.40. The number of rotatable bonds is 11. The van der Waals surface area contributed by atoms with E-state index >= 15 is 0 Å². The molecule has 0 saturated heterocycles. The van der Waals surface area contributed by atoms with E-state index < -0.39 is 19.8 Å². The summed E-state index contributed by atoms with van der Waals surface area (Å²) >= 11 is 1.59. The molecule has 1 N–H and O–H groups in total. The Kier molecular flexibility index (Phi) is 9.33. The quantitative estimate of drug-likeness (QED) is 0.478. The minimum Gasteiger partial charge on any atom is -0.465 e. The molecule has 130 valence electrons. The van der Waals surface area contributed by atoms with E-state index in [2.05, 4.69) is 5.09 Å². The van der Waals surface area contributed by atoms with Gasteiger partial charge in [0.15, 0.2) is 0 Å². The fourth-order valence-corrected chi connectivity index (χ4v) is 3.79. The summed E-state index contributed by atoms with van der Waals surface area (Å²) < 4.78 is 28.7. The third kappa shape index (κ3) is 7.40. The molecular formula is C15H24NO5PS. The van der Waals surface area contributed by atoms with Crippen LogP contribution in [-0.4, -0.2) is 37.2 Å². The molecule has 0 radical (unpaired) electrons. The maximum absolute atomic E-state index is 12.9. The van der Waals surface area contributed by atoms with Crippen molar-refractivity contribution in [1.82, 2.24) is 5.09 Å². The molecule has 8 heteroatoms. The van der Waals surface area contributed by atoms with Crippen molar-refractivity contribution in [3.8, 4) is 5.75 Å². The second-order valence-corrected chi connectivity index (χ2v) is 7.21. The van der Waals surface area contributed by atoms with E-state index in [9.17, 15) is 9.36 Å². The van der Waals surface area contributed by atoms with Gasteiger partial charge >= 0.3 is 13.7 Å². The highest BCUT2D eigenvalue weighted by Crippen LogP contribution is 2.45. The highest BCUT2D eigenvalue weighted by molar-refractivity contribution is 7.98. The molecule has 23 heavy (non-hydrogen) atoms. The van der Waals surface area contributed by atoms with Gasteiger partial charge in [-0.1, -0.05) is 18.2 Å². The lowest BCUT2D eigenvalue weighted by Gasteiger charge is -2.24. The summed E-state index contributed by atoms with van der Waals surface area (Å²) in [4.78, 5) is 12.1. The molecule has 0 aliphatic carbocycles. The van der Waals surface area contributed by atoms with Gasteiger partial charge in [-0.05, 0) is 44.4 Å². The number of carbonyl (C=O) groups is 1. The normalized spacial score (nSPS) is 14.7. The van der Waals surface area contributed by atoms with Crippen molar-refractivity contribution < 1.29 is 23.1 Å². The largest absolute Gasteiger partial charge is 0.465 e. The molecule has 0 amide bonds. The van der Waals surface area contributed by atoms with Crippen LogP contribution in [0.4, 0.5) is 0 Å². The highest BCUT2D eigenvalue weighted by atomic mass is 32.2. The van der Waals surface area contributed by atoms with Crippen LogP contribution in [0, 0.1) is 0 Å². The highest BCUT2D eigenvalue weighted by Gasteiger charge is 2.33. The standard InChI is InChI=1S/C15H24NO5PS/c1-4-19-15(17)14(11-12-23-3)16-22(18,20-5-2)21-13-9-7-6-8-10-13/h6-10,14H,4-5,11-12H2,1-3H3,(H,16,18)/t14-,22?/m0/s1. The second-order valence-electron chi connectivity index (χ2n) is 4.53. The van der Waals surface area contributed by atoms with Crippen LogP contribution in [0.25, 0.3) is 0 Å². The zero-order valence-electron chi connectivity index (χ0n) is 13.7. The van der Waals surface area contributed by atoms with Crippen molar-refractivity contribution in [2.45, 2.75) is 26.3 Å². The van der Waals surface area contributed by atoms with E-state index in [1.54, 1.807) is 49.9 Å². The molecule has 0 bridgehead atoms. The van der Waals surface area contributed by atoms with Crippen molar-refractivity contribution in [3.05, 3.63) is 30.3 Å². The van der Waals surface area contributed by atoms with Crippen LogP contribution < -0.4 is 9.61 Å². The van der Waals surface area contributed by atoms with Gasteiger partial charge in [-0.2, -0.15) is 16.8 Å². The molecule has 0 aliphatic heterocycles. The topological polar surface area (TPSA) is 73.9 Å². The number of nitrogens with one attached hydrogen (secondary N) is 1. The number of benzene rings is 1. The fourth-order valence-electron chi connectivity index (χ4n) is 1.78. The Bertz CT molecular complexity index is 514. The van der Waals surface area contributed by atoms with Gasteiger partial charge < -0.3 is 9.26 Å². The van der Waals surface area contributed by atoms with Crippen LogP contribution >= 0.6 is 19.5 Å². The molecule has 0 saturated carbocycles. The average molecular weight is 361 g/mol. The maximum Gasteiger partial charge on any atom is 0.459 e. The number of thioether (sulfide) groups is 1. The molecule has 0 aliphatic rings. The number of esters is 1. The Morgan fingerprint density at radius 3 is 2.52 bits per heavy atom. The first-order chi connectivity index (χ1) is 11.0. The lowest BCUT2D eigenvalue weighted by atomic mass is 10.2. The van der Waals surface area contributed by atoms with E-state index in [1.165, 1.54) is 0 Å². The second kappa shape index (κ2) is 10.7. The Balaban J connectivity index is 2.87. The van der Waals surface area contributed by atoms with Crippen LogP contribution in [0.15, 0.2) is 30.3 Å². The number of ether oxygens (including phenoxy) is 1. The third-order valence-electron chi connectivity index (χ3n) is 2.76. The molecule has 0 heterocycles. The van der Waals surface area contributed by atoms with Crippen LogP contribution in [0.1, 0.15) is 20.3 Å². The lowest BCUT2D eigenvalue weighted by molar-refractivity contribution is -0.145. The van der Waals surface area contributed by atoms with Crippen molar-refractivity contribution in [3.63, 3.8) is 0 Å². The van der Waals surface area contributed by atoms with Crippen molar-refractivity contribution in [2.24, 2.45) is 0 Å². The van der Waals surface area contributed by atoms with Crippen molar-refractivity contribution >= 4 is 25.5 Å². The summed E-state index contributed by atoms with van der Waals surface area (Å²) in [7, 11) is -3.68. The third-order valence-corrected chi connectivity index (χ3v) is 5.08. The number of hydrogen-bond donors (Lipinski definition) is 1. The zero-order chi connectivity index (χ0) is 17.1. The summed E-state index contributed by atoms with van der Waals surface area (Å²) in [5.41, 5.74) is 0. The first-order valence-corrected chi connectivity index (χ1v) is 10.4. The van der Waals surface area contributed by atoms with E-state index in [0.29, 0.717) is 17.9 Å². The summed E-state index contributed by atoms with van der Waals surface area (Å²) in [6, 6.07) is 7.96. The molecule has 1 aromatic carbocycles. The van der Waals surface area contributed by atoms with Crippen LogP contribution in [0.5, 0.6) is 5.75 Å². The minimum absolute atomic E-state index is 0.190. The molecule has 0 fully saturated rings. The minimum atomic E-state index is -3.68. The van der Waals surface area contributed by atoms with E-state index in [4.69, 9.17) is 13.8 Å². The van der Waals surface area contributed by atoms with Gasteiger partial charge in [0.2, 0.25) is 0 Å². The van der Waals surface area contributed by atoms with E-state index in [0.717, 1.165) is 0 Å². The lowest BCUT2D eigenvalue weighted by Crippen LogP contribution is -2.38. The van der Waals surface area contributed by atoms with Gasteiger partial charge in [0.1, 0.15) is 11.8 Å². The molecule has 1 aromatic rings. The van der Waals surface area contributed by atoms with Crippen LogP contribution in [0.3, 0.4) is 0 Å². The van der Waals surface area contributed by atoms with E-state index in [-0.39, 0.29) is 13.2 Å².